The molecule has 2 heterocycles. The molecule has 2 N–H and O–H groups in total. The number of aryl methyl sites for hydroxylation is 2. The van der Waals surface area contributed by atoms with Gasteiger partial charge < -0.3 is 9.67 Å². The number of rotatable bonds is 5. The number of allylic oxidation sites excluding steroid dienone is 1. The van der Waals surface area contributed by atoms with Crippen molar-refractivity contribution in [2.45, 2.75) is 12.1 Å². The lowest BCUT2D eigenvalue weighted by molar-refractivity contribution is 0.420. The van der Waals surface area contributed by atoms with Crippen molar-refractivity contribution in [3.8, 4) is 17.5 Å². The monoisotopic (exact) mass is 402 g/mol. The van der Waals surface area contributed by atoms with Gasteiger partial charge in [-0.3, -0.25) is 5.10 Å². The van der Waals surface area contributed by atoms with Gasteiger partial charge in [-0.15, -0.1) is 5.10 Å². The number of nitriles is 1. The van der Waals surface area contributed by atoms with Crippen LogP contribution < -0.4 is 0 Å². The van der Waals surface area contributed by atoms with Crippen LogP contribution in [0.4, 0.5) is 0 Å². The van der Waals surface area contributed by atoms with Gasteiger partial charge >= 0.3 is 0 Å². The van der Waals surface area contributed by atoms with Crippen molar-refractivity contribution in [2.24, 2.45) is 7.05 Å². The minimum atomic E-state index is -0.0578. The van der Waals surface area contributed by atoms with Crippen LogP contribution in [0.15, 0.2) is 59.4 Å². The largest absolute Gasteiger partial charge is 0.510 e. The molecule has 0 fully saturated rings. The minimum absolute atomic E-state index is 0.0578. The van der Waals surface area contributed by atoms with Crippen molar-refractivity contribution in [3.63, 3.8) is 0 Å². The van der Waals surface area contributed by atoms with E-state index in [0.29, 0.717) is 16.8 Å². The molecule has 0 bridgehead atoms. The van der Waals surface area contributed by atoms with Crippen molar-refractivity contribution < 1.29 is 5.11 Å². The van der Waals surface area contributed by atoms with Gasteiger partial charge in [0.05, 0.1) is 16.8 Å². The Labute approximate surface area is 171 Å². The number of imidazole rings is 1. The van der Waals surface area contributed by atoms with Crippen LogP contribution in [0.25, 0.3) is 28.0 Å². The van der Waals surface area contributed by atoms with E-state index in [1.54, 1.807) is 4.57 Å². The molecule has 0 spiro atoms. The molecule has 7 nitrogen and oxygen atoms in total. The Morgan fingerprint density at radius 1 is 1.17 bits per heavy atom. The normalized spacial score (nSPS) is 12.0. The van der Waals surface area contributed by atoms with E-state index in [1.165, 1.54) is 17.3 Å². The lowest BCUT2D eigenvalue weighted by Crippen LogP contribution is -2.01. The molecule has 0 aliphatic carbocycles. The van der Waals surface area contributed by atoms with E-state index in [2.05, 4.69) is 26.2 Å². The highest BCUT2D eigenvalue weighted by atomic mass is 32.2. The van der Waals surface area contributed by atoms with Gasteiger partial charge in [0.1, 0.15) is 17.4 Å². The number of aliphatic hydroxyl groups excluding tert-OH is 1. The van der Waals surface area contributed by atoms with E-state index in [-0.39, 0.29) is 17.1 Å². The fourth-order valence-corrected chi connectivity index (χ4v) is 3.65. The number of nitrogens with zero attached hydrogens (tertiary/aromatic N) is 5. The molecule has 0 aliphatic heterocycles. The SMILES string of the molecule is Cc1ccc(-c2nc(SC/C(O)=C(\C#N)c3nc4ccccc4n3C)n[nH]2)cc1. The standard InChI is InChI=1S/C21H18N6OS/c1-13-7-9-14(10-8-13)19-24-21(26-25-19)29-12-18(28)15(11-22)20-23-16-5-3-4-6-17(16)27(20)2/h3-10,28H,12H2,1-2H3,(H,24,25,26)/b18-15-. The van der Waals surface area contributed by atoms with E-state index in [4.69, 9.17) is 0 Å². The molecule has 8 heteroatoms. The lowest BCUT2D eigenvalue weighted by atomic mass is 10.1. The Balaban J connectivity index is 1.55. The molecule has 0 unspecified atom stereocenters. The van der Waals surface area contributed by atoms with Crippen LogP contribution in [0.1, 0.15) is 11.4 Å². The number of hydrogen-bond donors (Lipinski definition) is 2. The summed E-state index contributed by atoms with van der Waals surface area (Å²) in [4.78, 5) is 8.94. The summed E-state index contributed by atoms with van der Waals surface area (Å²) in [6, 6.07) is 17.6. The van der Waals surface area contributed by atoms with Gasteiger partial charge in [-0.25, -0.2) is 9.97 Å². The zero-order valence-corrected chi connectivity index (χ0v) is 16.7. The summed E-state index contributed by atoms with van der Waals surface area (Å²) in [6.45, 7) is 2.03. The van der Waals surface area contributed by atoms with Crippen molar-refractivity contribution in [1.82, 2.24) is 24.7 Å². The molecular weight excluding hydrogens is 384 g/mol. The van der Waals surface area contributed by atoms with E-state index in [0.717, 1.165) is 16.6 Å². The smallest absolute Gasteiger partial charge is 0.209 e. The second-order valence-electron chi connectivity index (χ2n) is 6.54. The highest BCUT2D eigenvalue weighted by molar-refractivity contribution is 7.99. The summed E-state index contributed by atoms with van der Waals surface area (Å²) in [5.74, 6) is 1.20. The number of hydrogen-bond acceptors (Lipinski definition) is 6. The maximum atomic E-state index is 10.5. The van der Waals surface area contributed by atoms with Gasteiger partial charge in [0.25, 0.3) is 0 Å². The molecule has 0 radical (unpaired) electrons. The first-order valence-corrected chi connectivity index (χ1v) is 9.91. The average molecular weight is 402 g/mol. The number of aromatic amines is 1. The predicted octanol–water partition coefficient (Wildman–Crippen LogP) is 4.25. The first kappa shape index (κ1) is 18.8. The summed E-state index contributed by atoms with van der Waals surface area (Å²) in [7, 11) is 1.82. The molecule has 4 aromatic rings. The van der Waals surface area contributed by atoms with Gasteiger partial charge in [-0.05, 0) is 19.1 Å². The Morgan fingerprint density at radius 2 is 1.93 bits per heavy atom. The quantitative estimate of drug-likeness (QED) is 0.294. The molecule has 0 atom stereocenters. The van der Waals surface area contributed by atoms with Crippen LogP contribution in [-0.2, 0) is 7.05 Å². The predicted molar refractivity (Wildman–Crippen MR) is 113 cm³/mol. The third kappa shape index (κ3) is 3.73. The van der Waals surface area contributed by atoms with E-state index in [9.17, 15) is 10.4 Å². The number of H-pyrrole nitrogens is 1. The Morgan fingerprint density at radius 3 is 2.66 bits per heavy atom. The molecule has 0 aliphatic rings. The Hall–Kier alpha value is -3.57. The first-order valence-electron chi connectivity index (χ1n) is 8.93. The molecule has 2 aromatic heterocycles. The summed E-state index contributed by atoms with van der Waals surface area (Å²) in [5, 5.41) is 27.7. The highest BCUT2D eigenvalue weighted by Crippen LogP contribution is 2.25. The molecule has 0 saturated heterocycles. The number of para-hydroxylation sites is 2. The lowest BCUT2D eigenvalue weighted by Gasteiger charge is -2.04. The van der Waals surface area contributed by atoms with Gasteiger partial charge in [-0.2, -0.15) is 5.26 Å². The van der Waals surface area contributed by atoms with Crippen LogP contribution in [0.2, 0.25) is 0 Å². The summed E-state index contributed by atoms with van der Waals surface area (Å²) < 4.78 is 1.80. The van der Waals surface area contributed by atoms with Gasteiger partial charge in [0, 0.05) is 12.6 Å². The maximum Gasteiger partial charge on any atom is 0.209 e. The summed E-state index contributed by atoms with van der Waals surface area (Å²) in [6.07, 6.45) is 0. The van der Waals surface area contributed by atoms with Crippen LogP contribution >= 0.6 is 11.8 Å². The van der Waals surface area contributed by atoms with Crippen molar-refractivity contribution >= 4 is 28.4 Å². The number of benzene rings is 2. The average Bonchev–Trinajstić information content (AvgIpc) is 3.33. The number of thioether (sulfide) groups is 1. The molecule has 29 heavy (non-hydrogen) atoms. The zero-order valence-electron chi connectivity index (χ0n) is 15.9. The fourth-order valence-electron chi connectivity index (χ4n) is 2.97. The van der Waals surface area contributed by atoms with E-state index in [1.807, 2.05) is 62.5 Å². The Bertz CT molecular complexity index is 1250. The molecular formula is C21H18N6OS. The number of aromatic nitrogens is 5. The van der Waals surface area contributed by atoms with E-state index >= 15 is 0 Å². The first-order chi connectivity index (χ1) is 14.1. The second kappa shape index (κ2) is 7.81. The molecule has 0 amide bonds. The van der Waals surface area contributed by atoms with Gasteiger partial charge in [0.15, 0.2) is 11.6 Å². The topological polar surface area (TPSA) is 103 Å². The fraction of sp³-hybridized carbons (Fsp3) is 0.143. The zero-order chi connectivity index (χ0) is 20.4. The summed E-state index contributed by atoms with van der Waals surface area (Å²) in [5.41, 5.74) is 3.92. The molecule has 4 rings (SSSR count). The highest BCUT2D eigenvalue weighted by Gasteiger charge is 2.17. The van der Waals surface area contributed by atoms with Gasteiger partial charge in [0.2, 0.25) is 5.16 Å². The summed E-state index contributed by atoms with van der Waals surface area (Å²) >= 11 is 1.25. The van der Waals surface area contributed by atoms with Crippen LogP contribution in [-0.4, -0.2) is 35.6 Å². The third-order valence-electron chi connectivity index (χ3n) is 4.54. The van der Waals surface area contributed by atoms with Crippen LogP contribution in [0.3, 0.4) is 0 Å². The Kier molecular flexibility index (Phi) is 5.06. The van der Waals surface area contributed by atoms with Crippen LogP contribution in [0.5, 0.6) is 0 Å². The number of fused-ring (bicyclic) bond motifs is 1. The molecule has 144 valence electrons. The van der Waals surface area contributed by atoms with Crippen molar-refractivity contribution in [1.29, 1.82) is 5.26 Å². The van der Waals surface area contributed by atoms with Crippen molar-refractivity contribution in [2.75, 3.05) is 5.75 Å². The number of aliphatic hydroxyl groups is 1. The second-order valence-corrected chi connectivity index (χ2v) is 7.48. The molecule has 2 aromatic carbocycles. The van der Waals surface area contributed by atoms with E-state index < -0.39 is 0 Å². The van der Waals surface area contributed by atoms with Gasteiger partial charge in [-0.1, -0.05) is 53.7 Å². The number of nitrogens with one attached hydrogen (secondary N) is 1. The molecule has 0 saturated carbocycles. The van der Waals surface area contributed by atoms with Crippen LogP contribution in [0, 0.1) is 18.3 Å². The van der Waals surface area contributed by atoms with Crippen molar-refractivity contribution in [3.05, 3.63) is 65.7 Å². The minimum Gasteiger partial charge on any atom is -0.510 e. The third-order valence-corrected chi connectivity index (χ3v) is 5.40. The maximum absolute atomic E-state index is 10.5.